The molecule has 0 saturated heterocycles. The number of ether oxygens (including phenoxy) is 1. The highest BCUT2D eigenvalue weighted by molar-refractivity contribution is 7.99. The number of hydrogen-bond acceptors (Lipinski definition) is 6. The fraction of sp³-hybridized carbons (Fsp3) is 0.727. The van der Waals surface area contributed by atoms with Gasteiger partial charge in [-0.3, -0.25) is 9.36 Å². The Morgan fingerprint density at radius 2 is 2.06 bits per heavy atom. The van der Waals surface area contributed by atoms with E-state index in [1.807, 2.05) is 34.6 Å². The monoisotopic (exact) mass is 272 g/mol. The Bertz CT molecular complexity index is 423. The number of hydrogen-bond donors (Lipinski definition) is 1. The molecule has 2 N–H and O–H groups in total. The third kappa shape index (κ3) is 4.21. The van der Waals surface area contributed by atoms with Crippen molar-refractivity contribution < 1.29 is 9.53 Å². The number of thioether (sulfide) groups is 1. The first-order valence-electron chi connectivity index (χ1n) is 5.75. The molecule has 0 unspecified atom stereocenters. The molecule has 1 aromatic rings. The van der Waals surface area contributed by atoms with Crippen LogP contribution in [-0.2, 0) is 9.53 Å². The molecule has 7 heteroatoms. The van der Waals surface area contributed by atoms with Crippen molar-refractivity contribution in [1.29, 1.82) is 0 Å². The first-order chi connectivity index (χ1) is 8.20. The Morgan fingerprint density at radius 1 is 1.44 bits per heavy atom. The van der Waals surface area contributed by atoms with Crippen molar-refractivity contribution in [1.82, 2.24) is 14.8 Å². The second kappa shape index (κ2) is 5.60. The van der Waals surface area contributed by atoms with Gasteiger partial charge in [0.05, 0.1) is 5.75 Å². The number of carbonyl (C=O) groups is 1. The minimum Gasteiger partial charge on any atom is -0.459 e. The Labute approximate surface area is 111 Å². The largest absolute Gasteiger partial charge is 0.459 e. The maximum atomic E-state index is 11.6. The van der Waals surface area contributed by atoms with Gasteiger partial charge in [0.15, 0.2) is 5.16 Å². The standard InChI is InChI=1S/C11H20N4O2S/c1-7(2)15-9(12)13-14-10(15)18-6-8(16)17-11(3,4)5/h7H,6H2,1-5H3,(H2,12,13). The SMILES string of the molecule is CC(C)n1c(N)nnc1SCC(=O)OC(C)(C)C. The molecule has 102 valence electrons. The van der Waals surface area contributed by atoms with Crippen LogP contribution in [0.1, 0.15) is 40.7 Å². The molecular weight excluding hydrogens is 252 g/mol. The summed E-state index contributed by atoms with van der Waals surface area (Å²) in [4.78, 5) is 11.6. The quantitative estimate of drug-likeness (QED) is 0.665. The zero-order chi connectivity index (χ0) is 13.9. The van der Waals surface area contributed by atoms with Crippen LogP contribution in [0.25, 0.3) is 0 Å². The van der Waals surface area contributed by atoms with Crippen molar-refractivity contribution in [2.75, 3.05) is 11.5 Å². The van der Waals surface area contributed by atoms with Crippen molar-refractivity contribution in [2.24, 2.45) is 0 Å². The van der Waals surface area contributed by atoms with Gasteiger partial charge < -0.3 is 10.5 Å². The van der Waals surface area contributed by atoms with Crippen LogP contribution >= 0.6 is 11.8 Å². The summed E-state index contributed by atoms with van der Waals surface area (Å²) in [6.07, 6.45) is 0. The molecule has 0 atom stereocenters. The van der Waals surface area contributed by atoms with Crippen molar-refractivity contribution >= 4 is 23.7 Å². The molecule has 0 spiro atoms. The van der Waals surface area contributed by atoms with Gasteiger partial charge in [0.25, 0.3) is 0 Å². The maximum absolute atomic E-state index is 11.6. The fourth-order valence-corrected chi connectivity index (χ4v) is 2.21. The molecule has 1 aromatic heterocycles. The molecule has 0 radical (unpaired) electrons. The molecule has 6 nitrogen and oxygen atoms in total. The summed E-state index contributed by atoms with van der Waals surface area (Å²) in [6.45, 7) is 9.48. The molecule has 0 aliphatic carbocycles. The number of aromatic nitrogens is 3. The van der Waals surface area contributed by atoms with E-state index >= 15 is 0 Å². The second-order valence-electron chi connectivity index (χ2n) is 5.18. The summed E-state index contributed by atoms with van der Waals surface area (Å²) < 4.78 is 7.00. The molecule has 0 amide bonds. The van der Waals surface area contributed by atoms with Gasteiger partial charge in [-0.2, -0.15) is 0 Å². The Hall–Kier alpha value is -1.24. The average Bonchev–Trinajstić information content (AvgIpc) is 2.54. The van der Waals surface area contributed by atoms with E-state index in [0.717, 1.165) is 0 Å². The van der Waals surface area contributed by atoms with Gasteiger partial charge in [-0.25, -0.2) is 0 Å². The van der Waals surface area contributed by atoms with Crippen molar-refractivity contribution in [3.05, 3.63) is 0 Å². The van der Waals surface area contributed by atoms with E-state index in [0.29, 0.717) is 11.1 Å². The molecular formula is C11H20N4O2S. The van der Waals surface area contributed by atoms with Crippen molar-refractivity contribution in [3.8, 4) is 0 Å². The number of nitrogens with two attached hydrogens (primary N) is 1. The Kier molecular flexibility index (Phi) is 4.61. The van der Waals surface area contributed by atoms with E-state index in [2.05, 4.69) is 10.2 Å². The summed E-state index contributed by atoms with van der Waals surface area (Å²) in [6, 6.07) is 0.154. The van der Waals surface area contributed by atoms with Crippen LogP contribution in [0.4, 0.5) is 5.95 Å². The van der Waals surface area contributed by atoms with Crippen LogP contribution < -0.4 is 5.73 Å². The average molecular weight is 272 g/mol. The number of nitrogen functional groups attached to an aromatic ring is 1. The molecule has 0 aliphatic rings. The van der Waals surface area contributed by atoms with Crippen LogP contribution in [0.3, 0.4) is 0 Å². The number of carbonyl (C=O) groups excluding carboxylic acids is 1. The third-order valence-electron chi connectivity index (χ3n) is 1.95. The predicted molar refractivity (Wildman–Crippen MR) is 71.4 cm³/mol. The topological polar surface area (TPSA) is 83.0 Å². The van der Waals surface area contributed by atoms with Gasteiger partial charge in [-0.1, -0.05) is 11.8 Å². The summed E-state index contributed by atoms with van der Waals surface area (Å²) >= 11 is 1.28. The predicted octanol–water partition coefficient (Wildman–Crippen LogP) is 1.87. The summed E-state index contributed by atoms with van der Waals surface area (Å²) in [5.41, 5.74) is 5.24. The smallest absolute Gasteiger partial charge is 0.316 e. The van der Waals surface area contributed by atoms with Crippen molar-refractivity contribution in [2.45, 2.75) is 51.4 Å². The number of nitrogens with zero attached hydrogens (tertiary/aromatic N) is 3. The van der Waals surface area contributed by atoms with Gasteiger partial charge in [-0.15, -0.1) is 10.2 Å². The molecule has 0 aromatic carbocycles. The fourth-order valence-electron chi connectivity index (χ4n) is 1.37. The van der Waals surface area contributed by atoms with Gasteiger partial charge >= 0.3 is 5.97 Å². The lowest BCUT2D eigenvalue weighted by Crippen LogP contribution is -2.25. The lowest BCUT2D eigenvalue weighted by Gasteiger charge is -2.19. The number of esters is 1. The van der Waals surface area contributed by atoms with E-state index in [1.165, 1.54) is 11.8 Å². The molecule has 0 fully saturated rings. The highest BCUT2D eigenvalue weighted by Crippen LogP contribution is 2.23. The highest BCUT2D eigenvalue weighted by atomic mass is 32.2. The minimum atomic E-state index is -0.470. The van der Waals surface area contributed by atoms with E-state index in [9.17, 15) is 4.79 Å². The van der Waals surface area contributed by atoms with Crippen LogP contribution in [0.5, 0.6) is 0 Å². The normalized spacial score (nSPS) is 11.9. The molecule has 0 saturated carbocycles. The summed E-state index contributed by atoms with van der Waals surface area (Å²) in [7, 11) is 0. The van der Waals surface area contributed by atoms with Crippen LogP contribution in [0.2, 0.25) is 0 Å². The van der Waals surface area contributed by atoms with E-state index < -0.39 is 5.60 Å². The Balaban J connectivity index is 2.62. The lowest BCUT2D eigenvalue weighted by atomic mass is 10.2. The summed E-state index contributed by atoms with van der Waals surface area (Å²) in [5, 5.41) is 8.39. The van der Waals surface area contributed by atoms with E-state index in [1.54, 1.807) is 4.57 Å². The van der Waals surface area contributed by atoms with E-state index in [-0.39, 0.29) is 17.8 Å². The van der Waals surface area contributed by atoms with Gasteiger partial charge in [0.2, 0.25) is 5.95 Å². The van der Waals surface area contributed by atoms with Gasteiger partial charge in [0, 0.05) is 6.04 Å². The minimum absolute atomic E-state index is 0.154. The first kappa shape index (κ1) is 14.8. The zero-order valence-electron chi connectivity index (χ0n) is 11.4. The molecule has 1 heterocycles. The molecule has 18 heavy (non-hydrogen) atoms. The first-order valence-corrected chi connectivity index (χ1v) is 6.74. The maximum Gasteiger partial charge on any atom is 0.316 e. The molecule has 1 rings (SSSR count). The highest BCUT2D eigenvalue weighted by Gasteiger charge is 2.19. The van der Waals surface area contributed by atoms with Crippen LogP contribution in [-0.4, -0.2) is 32.1 Å². The van der Waals surface area contributed by atoms with Gasteiger partial charge in [0.1, 0.15) is 5.60 Å². The Morgan fingerprint density at radius 3 is 2.56 bits per heavy atom. The third-order valence-corrected chi connectivity index (χ3v) is 2.86. The summed E-state index contributed by atoms with van der Waals surface area (Å²) in [5.74, 6) is 0.281. The molecule has 0 aliphatic heterocycles. The van der Waals surface area contributed by atoms with E-state index in [4.69, 9.17) is 10.5 Å². The number of anilines is 1. The van der Waals surface area contributed by atoms with Gasteiger partial charge in [-0.05, 0) is 34.6 Å². The lowest BCUT2D eigenvalue weighted by molar-refractivity contribution is -0.151. The zero-order valence-corrected chi connectivity index (χ0v) is 12.2. The second-order valence-corrected chi connectivity index (χ2v) is 6.12. The molecule has 0 bridgehead atoms. The van der Waals surface area contributed by atoms with Crippen LogP contribution in [0.15, 0.2) is 5.16 Å². The van der Waals surface area contributed by atoms with Crippen molar-refractivity contribution in [3.63, 3.8) is 0 Å². The number of rotatable bonds is 4. The van der Waals surface area contributed by atoms with Crippen LogP contribution in [0, 0.1) is 0 Å².